The molecule has 2 aromatic carbocycles. The zero-order chi connectivity index (χ0) is 20.4. The summed E-state index contributed by atoms with van der Waals surface area (Å²) in [5.74, 6) is -3.94. The van der Waals surface area contributed by atoms with Crippen LogP contribution in [-0.2, 0) is 12.5 Å². The van der Waals surface area contributed by atoms with Crippen molar-refractivity contribution in [2.24, 2.45) is 0 Å². The Morgan fingerprint density at radius 1 is 1.10 bits per heavy atom. The smallest absolute Gasteiger partial charge is 0.298 e. The van der Waals surface area contributed by atoms with Crippen LogP contribution in [0.1, 0.15) is 17.2 Å². The molecule has 0 aliphatic heterocycles. The minimum Gasteiger partial charge on any atom is -0.497 e. The predicted octanol–water partition coefficient (Wildman–Crippen LogP) is 4.46. The van der Waals surface area contributed by atoms with Crippen LogP contribution in [-0.4, -0.2) is 32.3 Å². The largest absolute Gasteiger partial charge is 0.497 e. The molecule has 1 atom stereocenters. The Labute approximate surface area is 170 Å². The molecule has 9 heteroatoms. The van der Waals surface area contributed by atoms with Crippen LogP contribution in [0, 0.1) is 0 Å². The minimum atomic E-state index is -3.28. The summed E-state index contributed by atoms with van der Waals surface area (Å²) in [4.78, 5) is 4.20. The number of alkyl halides is 2. The van der Waals surface area contributed by atoms with Gasteiger partial charge in [-0.1, -0.05) is 29.8 Å². The number of ether oxygens (including phenoxy) is 1. The third-order valence-corrected chi connectivity index (χ3v) is 4.94. The van der Waals surface area contributed by atoms with Gasteiger partial charge in [0.1, 0.15) is 17.8 Å². The lowest BCUT2D eigenvalue weighted by molar-refractivity contribution is -0.0442. The molecule has 0 aliphatic rings. The van der Waals surface area contributed by atoms with Crippen LogP contribution in [0.5, 0.6) is 5.75 Å². The van der Waals surface area contributed by atoms with E-state index in [2.05, 4.69) is 20.5 Å². The number of rotatable bonds is 6. The van der Waals surface area contributed by atoms with Gasteiger partial charge in [0.2, 0.25) is 0 Å². The van der Waals surface area contributed by atoms with Crippen LogP contribution in [0.15, 0.2) is 60.9 Å². The molecule has 2 heterocycles. The third-order valence-electron chi connectivity index (χ3n) is 4.71. The molecule has 0 saturated carbocycles. The van der Waals surface area contributed by atoms with Crippen LogP contribution >= 0.6 is 11.6 Å². The van der Waals surface area contributed by atoms with Gasteiger partial charge in [-0.2, -0.15) is 8.78 Å². The maximum atomic E-state index is 15.7. The van der Waals surface area contributed by atoms with Crippen molar-refractivity contribution in [3.05, 3.63) is 77.2 Å². The lowest BCUT2D eigenvalue weighted by Crippen LogP contribution is -2.29. The number of halogens is 3. The summed E-state index contributed by atoms with van der Waals surface area (Å²) in [6.45, 7) is -0.118. The molecule has 148 valence electrons. The SMILES string of the molecule is COc1ccc(C(Cn2cnnn2)C(F)(F)c2ccc3cc(Cl)ccc3n2)cc1. The van der Waals surface area contributed by atoms with E-state index < -0.39 is 11.8 Å². The summed E-state index contributed by atoms with van der Waals surface area (Å²) in [5.41, 5.74) is 0.535. The number of aromatic nitrogens is 5. The highest BCUT2D eigenvalue weighted by molar-refractivity contribution is 6.31. The Bertz CT molecular complexity index is 1120. The second-order valence-corrected chi connectivity index (χ2v) is 6.95. The maximum absolute atomic E-state index is 15.7. The molecule has 0 bridgehead atoms. The fourth-order valence-corrected chi connectivity index (χ4v) is 3.36. The average Bonchev–Trinajstić information content (AvgIpc) is 3.25. The van der Waals surface area contributed by atoms with Crippen molar-refractivity contribution in [3.63, 3.8) is 0 Å². The number of tetrazole rings is 1. The molecule has 0 fully saturated rings. The van der Waals surface area contributed by atoms with Gasteiger partial charge < -0.3 is 4.74 Å². The first kappa shape index (κ1) is 19.2. The van der Waals surface area contributed by atoms with Crippen molar-refractivity contribution in [3.8, 4) is 5.75 Å². The highest BCUT2D eigenvalue weighted by Gasteiger charge is 2.44. The van der Waals surface area contributed by atoms with Crippen molar-refractivity contribution < 1.29 is 13.5 Å². The van der Waals surface area contributed by atoms with Crippen LogP contribution in [0.4, 0.5) is 8.78 Å². The fourth-order valence-electron chi connectivity index (χ4n) is 3.18. The molecule has 0 saturated heterocycles. The van der Waals surface area contributed by atoms with Crippen molar-refractivity contribution in [2.45, 2.75) is 18.4 Å². The number of fused-ring (bicyclic) bond motifs is 1. The Kier molecular flexibility index (Phi) is 5.10. The van der Waals surface area contributed by atoms with E-state index in [0.29, 0.717) is 27.2 Å². The Morgan fingerprint density at radius 2 is 1.90 bits per heavy atom. The Hall–Kier alpha value is -3.13. The van der Waals surface area contributed by atoms with Gasteiger partial charge in [-0.05, 0) is 52.4 Å². The molecule has 4 aromatic rings. The summed E-state index contributed by atoms with van der Waals surface area (Å²) in [6.07, 6.45) is 1.31. The van der Waals surface area contributed by atoms with Crippen molar-refractivity contribution >= 4 is 22.5 Å². The molecule has 0 radical (unpaired) electrons. The van der Waals surface area contributed by atoms with Crippen LogP contribution < -0.4 is 4.74 Å². The zero-order valence-electron chi connectivity index (χ0n) is 15.3. The summed E-state index contributed by atoms with van der Waals surface area (Å²) < 4.78 is 37.8. The van der Waals surface area contributed by atoms with Crippen LogP contribution in [0.25, 0.3) is 10.9 Å². The predicted molar refractivity (Wildman–Crippen MR) is 104 cm³/mol. The molecule has 4 rings (SSSR count). The highest BCUT2D eigenvalue weighted by Crippen LogP contribution is 2.43. The number of hydrogen-bond acceptors (Lipinski definition) is 5. The number of nitrogens with zero attached hydrogens (tertiary/aromatic N) is 5. The fraction of sp³-hybridized carbons (Fsp3) is 0.200. The topological polar surface area (TPSA) is 65.7 Å². The van der Waals surface area contributed by atoms with Gasteiger partial charge in [-0.25, -0.2) is 9.67 Å². The maximum Gasteiger partial charge on any atom is 0.298 e. The van der Waals surface area contributed by atoms with Gasteiger partial charge >= 0.3 is 0 Å². The molecule has 0 amide bonds. The van der Waals surface area contributed by atoms with E-state index in [-0.39, 0.29) is 12.2 Å². The lowest BCUT2D eigenvalue weighted by Gasteiger charge is -2.27. The number of pyridine rings is 1. The van der Waals surface area contributed by atoms with Gasteiger partial charge in [0, 0.05) is 10.4 Å². The standard InChI is InChI=1S/C20H16ClF2N5O/c1-29-16-6-2-13(3-7-16)17(11-28-12-24-26-27-28)20(22,23)19-9-4-14-10-15(21)5-8-18(14)25-19/h2-10,12,17H,11H2,1H3. The van der Waals surface area contributed by atoms with E-state index in [4.69, 9.17) is 16.3 Å². The summed E-state index contributed by atoms with van der Waals surface area (Å²) in [7, 11) is 1.52. The summed E-state index contributed by atoms with van der Waals surface area (Å²) in [5, 5.41) is 12.0. The normalized spacial score (nSPS) is 12.8. The first-order valence-corrected chi connectivity index (χ1v) is 9.14. The van der Waals surface area contributed by atoms with Crippen molar-refractivity contribution in [1.82, 2.24) is 25.2 Å². The quantitative estimate of drug-likeness (QED) is 0.465. The van der Waals surface area contributed by atoms with Gasteiger partial charge in [0.05, 0.1) is 25.1 Å². The van der Waals surface area contributed by atoms with Crippen LogP contribution in [0.2, 0.25) is 5.02 Å². The Balaban J connectivity index is 1.77. The van der Waals surface area contributed by atoms with E-state index in [1.165, 1.54) is 24.2 Å². The molecule has 29 heavy (non-hydrogen) atoms. The minimum absolute atomic E-state index is 0.118. The zero-order valence-corrected chi connectivity index (χ0v) is 16.1. The summed E-state index contributed by atoms with van der Waals surface area (Å²) in [6, 6.07) is 14.4. The van der Waals surface area contributed by atoms with E-state index in [1.54, 1.807) is 48.5 Å². The van der Waals surface area contributed by atoms with E-state index >= 15 is 8.78 Å². The molecule has 0 aliphatic carbocycles. The molecular weight excluding hydrogens is 400 g/mol. The second kappa shape index (κ2) is 7.71. The van der Waals surface area contributed by atoms with Crippen molar-refractivity contribution in [2.75, 3.05) is 7.11 Å². The van der Waals surface area contributed by atoms with Gasteiger partial charge in [0.15, 0.2) is 0 Å². The van der Waals surface area contributed by atoms with E-state index in [9.17, 15) is 0 Å². The third kappa shape index (κ3) is 3.88. The molecule has 2 aromatic heterocycles. The average molecular weight is 416 g/mol. The van der Waals surface area contributed by atoms with E-state index in [0.717, 1.165) is 0 Å². The van der Waals surface area contributed by atoms with Crippen molar-refractivity contribution in [1.29, 1.82) is 0 Å². The van der Waals surface area contributed by atoms with Crippen LogP contribution in [0.3, 0.4) is 0 Å². The number of hydrogen-bond donors (Lipinski definition) is 0. The molecule has 0 spiro atoms. The summed E-state index contributed by atoms with van der Waals surface area (Å²) >= 11 is 5.98. The van der Waals surface area contributed by atoms with Gasteiger partial charge in [0.25, 0.3) is 5.92 Å². The first-order valence-electron chi connectivity index (χ1n) is 8.76. The second-order valence-electron chi connectivity index (χ2n) is 6.51. The monoisotopic (exact) mass is 415 g/mol. The highest BCUT2D eigenvalue weighted by atomic mass is 35.5. The van der Waals surface area contributed by atoms with E-state index in [1.807, 2.05) is 0 Å². The molecular formula is C20H16ClF2N5O. The lowest BCUT2D eigenvalue weighted by atomic mass is 9.90. The molecule has 6 nitrogen and oxygen atoms in total. The Morgan fingerprint density at radius 3 is 2.59 bits per heavy atom. The molecule has 0 N–H and O–H groups in total. The van der Waals surface area contributed by atoms with Gasteiger partial charge in [-0.15, -0.1) is 5.10 Å². The first-order chi connectivity index (χ1) is 14.0. The van der Waals surface area contributed by atoms with Gasteiger partial charge in [-0.3, -0.25) is 0 Å². The molecule has 1 unspecified atom stereocenters. The number of methoxy groups -OCH3 is 1. The number of benzene rings is 2.